The Bertz CT molecular complexity index is 598. The quantitative estimate of drug-likeness (QED) is 0.899. The highest BCUT2D eigenvalue weighted by atomic mass is 19.1. The fourth-order valence-corrected chi connectivity index (χ4v) is 2.28. The van der Waals surface area contributed by atoms with Crippen LogP contribution in [0.5, 0.6) is 0 Å². The molecule has 0 radical (unpaired) electrons. The Labute approximate surface area is 129 Å². The number of hydrogen-bond acceptors (Lipinski definition) is 4. The van der Waals surface area contributed by atoms with Gasteiger partial charge in [0, 0.05) is 12.1 Å². The smallest absolute Gasteiger partial charge is 0.407 e. The van der Waals surface area contributed by atoms with Crippen LogP contribution < -0.4 is 10.6 Å². The van der Waals surface area contributed by atoms with Crippen LogP contribution in [0.4, 0.5) is 14.9 Å². The van der Waals surface area contributed by atoms with Crippen LogP contribution in [0.1, 0.15) is 39.2 Å². The fourth-order valence-electron chi connectivity index (χ4n) is 2.28. The molecule has 0 aromatic heterocycles. The number of rotatable bonds is 3. The predicted octanol–water partition coefficient (Wildman–Crippen LogP) is 3.16. The predicted molar refractivity (Wildman–Crippen MR) is 80.9 cm³/mol. The zero-order valence-electron chi connectivity index (χ0n) is 12.9. The van der Waals surface area contributed by atoms with E-state index in [9.17, 15) is 9.18 Å². The van der Waals surface area contributed by atoms with E-state index in [0.717, 1.165) is 12.8 Å². The summed E-state index contributed by atoms with van der Waals surface area (Å²) in [7, 11) is 0. The minimum Gasteiger partial charge on any atom is -0.444 e. The van der Waals surface area contributed by atoms with Gasteiger partial charge in [0.2, 0.25) is 0 Å². The van der Waals surface area contributed by atoms with E-state index in [4.69, 9.17) is 10.00 Å². The first kappa shape index (κ1) is 16.1. The number of nitrogens with one attached hydrogen (secondary N) is 2. The largest absolute Gasteiger partial charge is 0.444 e. The standard InChI is InChI=1S/C16H20FN3O2/c1-16(2,3)22-15(21)20-13-7-12(8-13)19-14-5-4-11(17)6-10(14)9-18/h4-6,12-13,19H,7-8H2,1-3H3,(H,20,21). The van der Waals surface area contributed by atoms with Crippen LogP contribution in [0.15, 0.2) is 18.2 Å². The Morgan fingerprint density at radius 3 is 2.64 bits per heavy atom. The Balaban J connectivity index is 1.81. The van der Waals surface area contributed by atoms with Crippen molar-refractivity contribution < 1.29 is 13.9 Å². The van der Waals surface area contributed by atoms with Crippen molar-refractivity contribution in [3.8, 4) is 6.07 Å². The van der Waals surface area contributed by atoms with Gasteiger partial charge < -0.3 is 15.4 Å². The van der Waals surface area contributed by atoms with Crippen LogP contribution in [0.3, 0.4) is 0 Å². The van der Waals surface area contributed by atoms with E-state index in [1.54, 1.807) is 6.07 Å². The fraction of sp³-hybridized carbons (Fsp3) is 0.500. The van der Waals surface area contributed by atoms with Crippen molar-refractivity contribution in [1.29, 1.82) is 5.26 Å². The molecule has 118 valence electrons. The number of alkyl carbamates (subject to hydrolysis) is 1. The Kier molecular flexibility index (Phi) is 4.55. The van der Waals surface area contributed by atoms with Crippen molar-refractivity contribution in [2.75, 3.05) is 5.32 Å². The van der Waals surface area contributed by atoms with E-state index in [1.165, 1.54) is 12.1 Å². The average molecular weight is 305 g/mol. The van der Waals surface area contributed by atoms with Crippen molar-refractivity contribution in [2.24, 2.45) is 0 Å². The molecule has 0 spiro atoms. The molecule has 1 aliphatic rings. The molecule has 5 nitrogen and oxygen atoms in total. The summed E-state index contributed by atoms with van der Waals surface area (Å²) in [5, 5.41) is 15.0. The summed E-state index contributed by atoms with van der Waals surface area (Å²) < 4.78 is 18.3. The van der Waals surface area contributed by atoms with Crippen LogP contribution in [0.2, 0.25) is 0 Å². The number of carbonyl (C=O) groups excluding carboxylic acids is 1. The number of nitriles is 1. The molecule has 1 saturated carbocycles. The van der Waals surface area contributed by atoms with Gasteiger partial charge in [-0.15, -0.1) is 0 Å². The lowest BCUT2D eigenvalue weighted by atomic mass is 9.86. The second kappa shape index (κ2) is 6.22. The molecule has 1 aromatic carbocycles. The third kappa shape index (κ3) is 4.35. The van der Waals surface area contributed by atoms with E-state index < -0.39 is 17.5 Å². The summed E-state index contributed by atoms with van der Waals surface area (Å²) in [6, 6.07) is 6.25. The van der Waals surface area contributed by atoms with Gasteiger partial charge in [-0.3, -0.25) is 0 Å². The minimum atomic E-state index is -0.513. The zero-order chi connectivity index (χ0) is 16.3. The third-order valence-electron chi connectivity index (χ3n) is 3.32. The van der Waals surface area contributed by atoms with Crippen molar-refractivity contribution >= 4 is 11.8 Å². The maximum atomic E-state index is 13.1. The molecule has 2 rings (SSSR count). The number of nitrogens with zero attached hydrogens (tertiary/aromatic N) is 1. The van der Waals surface area contributed by atoms with Gasteiger partial charge in [-0.25, -0.2) is 9.18 Å². The molecule has 0 atom stereocenters. The van der Waals surface area contributed by atoms with Crippen LogP contribution >= 0.6 is 0 Å². The maximum absolute atomic E-state index is 13.1. The topological polar surface area (TPSA) is 74.2 Å². The third-order valence-corrected chi connectivity index (χ3v) is 3.32. The molecule has 1 aliphatic carbocycles. The van der Waals surface area contributed by atoms with Gasteiger partial charge in [0.15, 0.2) is 0 Å². The molecule has 22 heavy (non-hydrogen) atoms. The highest BCUT2D eigenvalue weighted by Gasteiger charge is 2.31. The number of amides is 1. The van der Waals surface area contributed by atoms with Gasteiger partial charge in [0.1, 0.15) is 17.5 Å². The van der Waals surface area contributed by atoms with Gasteiger partial charge in [0.05, 0.1) is 11.3 Å². The second-order valence-electron chi connectivity index (χ2n) is 6.46. The molecule has 1 fully saturated rings. The van der Waals surface area contributed by atoms with Crippen molar-refractivity contribution in [2.45, 2.75) is 51.3 Å². The highest BCUT2D eigenvalue weighted by molar-refractivity contribution is 5.68. The summed E-state index contributed by atoms with van der Waals surface area (Å²) in [5.41, 5.74) is 0.384. The number of anilines is 1. The first-order valence-corrected chi connectivity index (χ1v) is 7.22. The average Bonchev–Trinajstić information content (AvgIpc) is 2.35. The van der Waals surface area contributed by atoms with Crippen molar-refractivity contribution in [3.05, 3.63) is 29.6 Å². The summed E-state index contributed by atoms with van der Waals surface area (Å²) in [5.74, 6) is -0.430. The van der Waals surface area contributed by atoms with Crippen LogP contribution in [-0.4, -0.2) is 23.8 Å². The lowest BCUT2D eigenvalue weighted by Gasteiger charge is -2.37. The van der Waals surface area contributed by atoms with Gasteiger partial charge in [-0.05, 0) is 51.8 Å². The SMILES string of the molecule is CC(C)(C)OC(=O)NC1CC(Nc2ccc(F)cc2C#N)C1. The molecule has 1 amide bonds. The van der Waals surface area contributed by atoms with Crippen LogP contribution in [0, 0.1) is 17.1 Å². The Morgan fingerprint density at radius 1 is 1.36 bits per heavy atom. The molecule has 2 N–H and O–H groups in total. The van der Waals surface area contributed by atoms with E-state index in [0.29, 0.717) is 5.69 Å². The summed E-state index contributed by atoms with van der Waals surface area (Å²) in [6.45, 7) is 5.45. The Hall–Kier alpha value is -2.29. The van der Waals surface area contributed by atoms with E-state index >= 15 is 0 Å². The molecule has 0 heterocycles. The van der Waals surface area contributed by atoms with Gasteiger partial charge in [-0.1, -0.05) is 0 Å². The summed E-state index contributed by atoms with van der Waals surface area (Å²) >= 11 is 0. The van der Waals surface area contributed by atoms with Crippen LogP contribution in [-0.2, 0) is 4.74 Å². The van der Waals surface area contributed by atoms with Crippen molar-refractivity contribution in [1.82, 2.24) is 5.32 Å². The van der Waals surface area contributed by atoms with Gasteiger partial charge in [-0.2, -0.15) is 5.26 Å². The maximum Gasteiger partial charge on any atom is 0.407 e. The van der Waals surface area contributed by atoms with Gasteiger partial charge in [0.25, 0.3) is 0 Å². The van der Waals surface area contributed by atoms with Crippen LogP contribution in [0.25, 0.3) is 0 Å². The minimum absolute atomic E-state index is 0.0540. The van der Waals surface area contributed by atoms with E-state index in [1.807, 2.05) is 26.8 Å². The lowest BCUT2D eigenvalue weighted by Crippen LogP contribution is -2.50. The molecule has 0 unspecified atom stereocenters. The van der Waals surface area contributed by atoms with E-state index in [2.05, 4.69) is 10.6 Å². The summed E-state index contributed by atoms with van der Waals surface area (Å²) in [6.07, 6.45) is 1.05. The molecule has 0 bridgehead atoms. The first-order chi connectivity index (χ1) is 10.3. The van der Waals surface area contributed by atoms with E-state index in [-0.39, 0.29) is 17.6 Å². The summed E-state index contributed by atoms with van der Waals surface area (Å²) in [4.78, 5) is 11.6. The second-order valence-corrected chi connectivity index (χ2v) is 6.46. The van der Waals surface area contributed by atoms with Crippen molar-refractivity contribution in [3.63, 3.8) is 0 Å². The number of hydrogen-bond donors (Lipinski definition) is 2. The normalized spacial score (nSPS) is 20.5. The Morgan fingerprint density at radius 2 is 2.05 bits per heavy atom. The van der Waals surface area contributed by atoms with Gasteiger partial charge >= 0.3 is 6.09 Å². The molecule has 1 aromatic rings. The first-order valence-electron chi connectivity index (χ1n) is 7.22. The number of ether oxygens (including phenoxy) is 1. The molecule has 0 saturated heterocycles. The number of carbonyl (C=O) groups is 1. The number of benzene rings is 1. The molecule has 0 aliphatic heterocycles. The molecule has 6 heteroatoms. The molecular formula is C16H20FN3O2. The highest BCUT2D eigenvalue weighted by Crippen LogP contribution is 2.26. The zero-order valence-corrected chi connectivity index (χ0v) is 12.9. The molecular weight excluding hydrogens is 285 g/mol. The lowest BCUT2D eigenvalue weighted by molar-refractivity contribution is 0.0475. The number of halogens is 1. The monoisotopic (exact) mass is 305 g/mol.